The van der Waals surface area contributed by atoms with Crippen LogP contribution in [0.4, 0.5) is 0 Å². The number of hydrazine groups is 1. The number of hydrogen-bond donors (Lipinski definition) is 3. The monoisotopic (exact) mass is 399 g/mol. The predicted octanol–water partition coefficient (Wildman–Crippen LogP) is 1.70. The molecule has 1 heterocycles. The Morgan fingerprint density at radius 2 is 1.73 bits per heavy atom. The Labute approximate surface area is 155 Å². The van der Waals surface area contributed by atoms with Gasteiger partial charge in [0.15, 0.2) is 5.76 Å². The quantitative estimate of drug-likeness (QED) is 0.639. The van der Waals surface area contributed by atoms with Gasteiger partial charge in [-0.25, -0.2) is 8.42 Å². The minimum Gasteiger partial charge on any atom is -0.459 e. The number of nitrogens with one attached hydrogen (secondary N) is 3. The largest absolute Gasteiger partial charge is 0.459 e. The minimum absolute atomic E-state index is 0.00754. The van der Waals surface area contributed by atoms with Crippen LogP contribution in [0, 0.1) is 5.92 Å². The molecule has 1 aromatic heterocycles. The van der Waals surface area contributed by atoms with E-state index in [9.17, 15) is 18.0 Å². The normalized spacial score (nSPS) is 12.6. The average Bonchev–Trinajstić information content (AvgIpc) is 3.12. The van der Waals surface area contributed by atoms with Crippen LogP contribution >= 0.6 is 11.6 Å². The summed E-state index contributed by atoms with van der Waals surface area (Å²) >= 11 is 5.75. The smallest absolute Gasteiger partial charge is 0.305 e. The van der Waals surface area contributed by atoms with Crippen molar-refractivity contribution in [1.82, 2.24) is 15.6 Å². The summed E-state index contributed by atoms with van der Waals surface area (Å²) in [6.45, 7) is 3.34. The van der Waals surface area contributed by atoms with Gasteiger partial charge in [0.1, 0.15) is 6.04 Å². The van der Waals surface area contributed by atoms with Crippen molar-refractivity contribution in [3.05, 3.63) is 53.4 Å². The van der Waals surface area contributed by atoms with E-state index in [2.05, 4.69) is 15.6 Å². The Morgan fingerprint density at radius 3 is 2.27 bits per heavy atom. The second kappa shape index (κ2) is 8.35. The Bertz CT molecular complexity index is 864. The lowest BCUT2D eigenvalue weighted by Crippen LogP contribution is -2.54. The summed E-state index contributed by atoms with van der Waals surface area (Å²) < 4.78 is 32.1. The fourth-order valence-corrected chi connectivity index (χ4v) is 3.48. The summed E-state index contributed by atoms with van der Waals surface area (Å²) in [5.41, 5.74) is 4.36. The fourth-order valence-electron chi connectivity index (χ4n) is 2.01. The van der Waals surface area contributed by atoms with Gasteiger partial charge in [-0.3, -0.25) is 20.4 Å². The molecule has 1 atom stereocenters. The summed E-state index contributed by atoms with van der Waals surface area (Å²) in [6, 6.07) is 7.37. The van der Waals surface area contributed by atoms with Crippen molar-refractivity contribution in [1.29, 1.82) is 0 Å². The standard InChI is InChI=1S/C16H18ClN3O5S/c1-10(2)14(16(22)19-18-15(21)13-4-3-9-25-13)20-26(23,24)12-7-5-11(17)6-8-12/h3-10,14,20H,1-2H3,(H,18,21)(H,19,22). The van der Waals surface area contributed by atoms with Crippen LogP contribution in [0.2, 0.25) is 5.02 Å². The molecule has 26 heavy (non-hydrogen) atoms. The molecule has 0 saturated heterocycles. The van der Waals surface area contributed by atoms with Crippen LogP contribution in [-0.4, -0.2) is 26.3 Å². The summed E-state index contributed by atoms with van der Waals surface area (Å²) in [6.07, 6.45) is 1.31. The van der Waals surface area contributed by atoms with E-state index in [0.717, 1.165) is 0 Å². The van der Waals surface area contributed by atoms with Gasteiger partial charge in [0.05, 0.1) is 11.2 Å². The summed E-state index contributed by atoms with van der Waals surface area (Å²) in [7, 11) is -3.95. The number of sulfonamides is 1. The van der Waals surface area contributed by atoms with Crippen molar-refractivity contribution in [3.8, 4) is 0 Å². The second-order valence-electron chi connectivity index (χ2n) is 5.72. The molecule has 2 rings (SSSR count). The molecule has 3 N–H and O–H groups in total. The van der Waals surface area contributed by atoms with Gasteiger partial charge in [-0.1, -0.05) is 25.4 Å². The van der Waals surface area contributed by atoms with Crippen LogP contribution in [0.15, 0.2) is 52.0 Å². The summed E-state index contributed by atoms with van der Waals surface area (Å²) in [5.74, 6) is -1.74. The van der Waals surface area contributed by atoms with Gasteiger partial charge in [-0.05, 0) is 42.3 Å². The average molecular weight is 400 g/mol. The van der Waals surface area contributed by atoms with Crippen LogP contribution in [0.25, 0.3) is 0 Å². The zero-order valence-electron chi connectivity index (χ0n) is 14.0. The molecular weight excluding hydrogens is 382 g/mol. The molecule has 0 saturated carbocycles. The van der Waals surface area contributed by atoms with Gasteiger partial charge >= 0.3 is 5.91 Å². The van der Waals surface area contributed by atoms with Gasteiger partial charge in [-0.15, -0.1) is 0 Å². The molecule has 0 aliphatic rings. The third-order valence-corrected chi connectivity index (χ3v) is 5.11. The number of carbonyl (C=O) groups is 2. The lowest BCUT2D eigenvalue weighted by atomic mass is 10.1. The predicted molar refractivity (Wildman–Crippen MR) is 94.7 cm³/mol. The number of rotatable bonds is 6. The third-order valence-electron chi connectivity index (χ3n) is 3.40. The molecule has 1 aromatic carbocycles. The van der Waals surface area contributed by atoms with Crippen LogP contribution in [0.3, 0.4) is 0 Å². The van der Waals surface area contributed by atoms with Crippen LogP contribution in [0.1, 0.15) is 24.4 Å². The summed E-state index contributed by atoms with van der Waals surface area (Å²) in [4.78, 5) is 24.1. The first-order chi connectivity index (χ1) is 12.2. The fraction of sp³-hybridized carbons (Fsp3) is 0.250. The van der Waals surface area contributed by atoms with E-state index in [0.29, 0.717) is 5.02 Å². The van der Waals surface area contributed by atoms with Crippen molar-refractivity contribution in [2.24, 2.45) is 5.92 Å². The maximum Gasteiger partial charge on any atom is 0.305 e. The lowest BCUT2D eigenvalue weighted by molar-refractivity contribution is -0.124. The molecule has 0 fully saturated rings. The number of benzene rings is 1. The minimum atomic E-state index is -3.95. The van der Waals surface area contributed by atoms with E-state index in [-0.39, 0.29) is 16.6 Å². The van der Waals surface area contributed by atoms with Gasteiger partial charge in [0.25, 0.3) is 5.91 Å². The van der Waals surface area contributed by atoms with Crippen LogP contribution < -0.4 is 15.6 Å². The van der Waals surface area contributed by atoms with Crippen molar-refractivity contribution in [2.75, 3.05) is 0 Å². The Hall–Kier alpha value is -2.36. The van der Waals surface area contributed by atoms with E-state index in [4.69, 9.17) is 16.0 Å². The maximum atomic E-state index is 12.5. The molecule has 0 bridgehead atoms. The summed E-state index contributed by atoms with van der Waals surface area (Å²) in [5, 5.41) is 0.391. The molecule has 1 unspecified atom stereocenters. The molecule has 8 nitrogen and oxygen atoms in total. The van der Waals surface area contributed by atoms with Gasteiger partial charge in [-0.2, -0.15) is 4.72 Å². The second-order valence-corrected chi connectivity index (χ2v) is 7.87. The van der Waals surface area contributed by atoms with Crippen LogP contribution in [0.5, 0.6) is 0 Å². The number of halogens is 1. The molecule has 0 aliphatic heterocycles. The highest BCUT2D eigenvalue weighted by Gasteiger charge is 2.28. The van der Waals surface area contributed by atoms with Gasteiger partial charge < -0.3 is 4.42 Å². The lowest BCUT2D eigenvalue weighted by Gasteiger charge is -2.21. The van der Waals surface area contributed by atoms with E-state index >= 15 is 0 Å². The zero-order valence-corrected chi connectivity index (χ0v) is 15.6. The number of carbonyl (C=O) groups excluding carboxylic acids is 2. The first kappa shape index (κ1) is 20.0. The van der Waals surface area contributed by atoms with Crippen molar-refractivity contribution < 1.29 is 22.4 Å². The highest BCUT2D eigenvalue weighted by Crippen LogP contribution is 2.15. The first-order valence-electron chi connectivity index (χ1n) is 7.62. The Kier molecular flexibility index (Phi) is 6.41. The number of amides is 2. The molecule has 2 amide bonds. The van der Waals surface area contributed by atoms with Gasteiger partial charge in [0, 0.05) is 5.02 Å². The molecule has 140 valence electrons. The molecular formula is C16H18ClN3O5S. The SMILES string of the molecule is CC(C)C(NS(=O)(=O)c1ccc(Cl)cc1)C(=O)NNC(=O)c1ccco1. The molecule has 0 radical (unpaired) electrons. The first-order valence-corrected chi connectivity index (χ1v) is 9.48. The van der Waals surface area contributed by atoms with Crippen molar-refractivity contribution in [3.63, 3.8) is 0 Å². The molecule has 0 spiro atoms. The maximum absolute atomic E-state index is 12.5. The van der Waals surface area contributed by atoms with Crippen LogP contribution in [-0.2, 0) is 14.8 Å². The van der Waals surface area contributed by atoms with Crippen molar-refractivity contribution >= 4 is 33.4 Å². The highest BCUT2D eigenvalue weighted by molar-refractivity contribution is 7.89. The highest BCUT2D eigenvalue weighted by atomic mass is 35.5. The zero-order chi connectivity index (χ0) is 19.3. The van der Waals surface area contributed by atoms with Crippen molar-refractivity contribution in [2.45, 2.75) is 24.8 Å². The molecule has 10 heteroatoms. The Morgan fingerprint density at radius 1 is 1.08 bits per heavy atom. The number of hydrogen-bond acceptors (Lipinski definition) is 5. The third kappa shape index (κ3) is 5.07. The Balaban J connectivity index is 2.06. The molecule has 0 aliphatic carbocycles. The van der Waals surface area contributed by atoms with E-state index in [1.807, 2.05) is 0 Å². The van der Waals surface area contributed by atoms with E-state index in [1.165, 1.54) is 42.7 Å². The van der Waals surface area contributed by atoms with E-state index < -0.39 is 27.9 Å². The molecule has 2 aromatic rings. The number of furan rings is 1. The van der Waals surface area contributed by atoms with E-state index in [1.54, 1.807) is 13.8 Å². The van der Waals surface area contributed by atoms with Gasteiger partial charge in [0.2, 0.25) is 10.0 Å². The topological polar surface area (TPSA) is 118 Å².